The number of carbonyl (C=O) groups excluding carboxylic acids is 4. The Hall–Kier alpha value is -2.23. The van der Waals surface area contributed by atoms with E-state index in [4.69, 9.17) is 4.74 Å². The summed E-state index contributed by atoms with van der Waals surface area (Å²) in [6.07, 6.45) is 3.90. The Morgan fingerprint density at radius 1 is 1.21 bits per heavy atom. The highest BCUT2D eigenvalue weighted by atomic mass is 32.2. The van der Waals surface area contributed by atoms with Gasteiger partial charge in [0, 0.05) is 12.6 Å². The summed E-state index contributed by atoms with van der Waals surface area (Å²) < 4.78 is 27.9. The lowest BCUT2D eigenvalue weighted by atomic mass is 9.85. The smallest absolute Gasteiger partial charge is 0.308 e. The molecule has 3 amide bonds. The van der Waals surface area contributed by atoms with Gasteiger partial charge in [0.15, 0.2) is 15.9 Å². The highest BCUT2D eigenvalue weighted by Gasteiger charge is 2.47. The van der Waals surface area contributed by atoms with Gasteiger partial charge in [-0.1, -0.05) is 12.2 Å². The Balaban J connectivity index is 1.44. The SMILES string of the molecule is C[C@@H](OC(=O)CCN1C(=O)[C@H]2CC=CC[C@H]2C1=O)C(=O)N[C@@H]1CCS(=O)(=O)C1. The van der Waals surface area contributed by atoms with Crippen molar-refractivity contribution in [1.82, 2.24) is 10.2 Å². The van der Waals surface area contributed by atoms with Gasteiger partial charge in [0.25, 0.3) is 5.91 Å². The molecule has 3 rings (SSSR count). The van der Waals surface area contributed by atoms with Crippen molar-refractivity contribution in [3.05, 3.63) is 12.2 Å². The summed E-state index contributed by atoms with van der Waals surface area (Å²) in [4.78, 5) is 49.9. The number of carbonyl (C=O) groups is 4. The van der Waals surface area contributed by atoms with Crippen molar-refractivity contribution < 1.29 is 32.3 Å². The van der Waals surface area contributed by atoms with Crippen LogP contribution in [0, 0.1) is 11.8 Å². The van der Waals surface area contributed by atoms with Gasteiger partial charge in [0.05, 0.1) is 29.8 Å². The predicted octanol–water partition coefficient (Wildman–Crippen LogP) is -0.437. The van der Waals surface area contributed by atoms with Gasteiger partial charge in [-0.2, -0.15) is 0 Å². The molecule has 0 spiro atoms. The average Bonchev–Trinajstić information content (AvgIpc) is 3.10. The molecule has 2 aliphatic heterocycles. The highest BCUT2D eigenvalue weighted by molar-refractivity contribution is 7.91. The van der Waals surface area contributed by atoms with E-state index in [0.29, 0.717) is 19.3 Å². The molecular formula is C18H24N2O7S. The van der Waals surface area contributed by atoms with Crippen molar-refractivity contribution in [2.24, 2.45) is 11.8 Å². The van der Waals surface area contributed by atoms with Crippen LogP contribution in [0.15, 0.2) is 12.2 Å². The number of ether oxygens (including phenoxy) is 1. The normalized spacial score (nSPS) is 29.5. The van der Waals surface area contributed by atoms with Crippen LogP contribution in [0.2, 0.25) is 0 Å². The number of allylic oxidation sites excluding steroid dienone is 2. The first-order valence-electron chi connectivity index (χ1n) is 9.38. The van der Waals surface area contributed by atoms with Crippen LogP contribution in [-0.4, -0.2) is 67.2 Å². The van der Waals surface area contributed by atoms with Gasteiger partial charge in [-0.25, -0.2) is 8.42 Å². The molecule has 1 aliphatic carbocycles. The second kappa shape index (κ2) is 8.02. The molecule has 0 aromatic rings. The number of hydrogen-bond acceptors (Lipinski definition) is 7. The maximum absolute atomic E-state index is 12.3. The van der Waals surface area contributed by atoms with E-state index in [9.17, 15) is 27.6 Å². The summed E-state index contributed by atoms with van der Waals surface area (Å²) in [6, 6.07) is -0.476. The first-order valence-corrected chi connectivity index (χ1v) is 11.2. The Bertz CT molecular complexity index is 794. The molecule has 0 saturated carbocycles. The predicted molar refractivity (Wildman–Crippen MR) is 97.4 cm³/mol. The van der Waals surface area contributed by atoms with E-state index < -0.39 is 33.9 Å². The molecule has 28 heavy (non-hydrogen) atoms. The largest absolute Gasteiger partial charge is 0.452 e. The standard InChI is InChI=1S/C18H24N2O7S/c1-11(16(22)19-12-7-9-28(25,26)10-12)27-15(21)6-8-20-17(23)13-4-2-3-5-14(13)18(20)24/h2-3,11-14H,4-10H2,1H3,(H,19,22)/t11-,12-,13-,14+/m1/s1. The third-order valence-electron chi connectivity index (χ3n) is 5.39. The minimum absolute atomic E-state index is 0.0293. The van der Waals surface area contributed by atoms with Crippen LogP contribution in [0.3, 0.4) is 0 Å². The van der Waals surface area contributed by atoms with E-state index in [0.717, 1.165) is 4.90 Å². The summed E-state index contributed by atoms with van der Waals surface area (Å²) in [5, 5.41) is 2.56. The van der Waals surface area contributed by atoms with Crippen LogP contribution in [0.1, 0.15) is 32.6 Å². The number of nitrogens with one attached hydrogen (secondary N) is 1. The van der Waals surface area contributed by atoms with Crippen LogP contribution in [-0.2, 0) is 33.8 Å². The van der Waals surface area contributed by atoms with Crippen LogP contribution < -0.4 is 5.32 Å². The zero-order valence-corrected chi connectivity index (χ0v) is 16.4. The van der Waals surface area contributed by atoms with E-state index in [1.807, 2.05) is 12.2 Å². The zero-order chi connectivity index (χ0) is 20.5. The first-order chi connectivity index (χ1) is 13.2. The summed E-state index contributed by atoms with van der Waals surface area (Å²) in [5.41, 5.74) is 0. The van der Waals surface area contributed by atoms with Gasteiger partial charge in [0.1, 0.15) is 0 Å². The minimum atomic E-state index is -3.12. The number of imide groups is 1. The molecule has 0 radical (unpaired) electrons. The van der Waals surface area contributed by atoms with Gasteiger partial charge in [-0.3, -0.25) is 24.1 Å². The lowest BCUT2D eigenvalue weighted by Gasteiger charge is -2.18. The molecule has 0 bridgehead atoms. The van der Waals surface area contributed by atoms with E-state index in [-0.39, 0.29) is 48.1 Å². The molecule has 3 aliphatic rings. The number of esters is 1. The van der Waals surface area contributed by atoms with Gasteiger partial charge >= 0.3 is 5.97 Å². The molecule has 2 heterocycles. The fourth-order valence-electron chi connectivity index (χ4n) is 3.83. The van der Waals surface area contributed by atoms with Crippen molar-refractivity contribution in [2.75, 3.05) is 18.1 Å². The molecule has 154 valence electrons. The van der Waals surface area contributed by atoms with Crippen molar-refractivity contribution in [3.63, 3.8) is 0 Å². The molecule has 9 nitrogen and oxygen atoms in total. The van der Waals surface area contributed by atoms with E-state index in [1.165, 1.54) is 6.92 Å². The van der Waals surface area contributed by atoms with Crippen LogP contribution in [0.4, 0.5) is 0 Å². The third-order valence-corrected chi connectivity index (χ3v) is 7.16. The number of sulfone groups is 1. The number of fused-ring (bicyclic) bond motifs is 1. The van der Waals surface area contributed by atoms with E-state index in [1.54, 1.807) is 0 Å². The number of hydrogen-bond donors (Lipinski definition) is 1. The lowest BCUT2D eigenvalue weighted by Crippen LogP contribution is -2.43. The molecule has 1 N–H and O–H groups in total. The van der Waals surface area contributed by atoms with Crippen molar-refractivity contribution >= 4 is 33.5 Å². The summed E-state index contributed by atoms with van der Waals surface area (Å²) in [7, 11) is -3.12. The average molecular weight is 412 g/mol. The van der Waals surface area contributed by atoms with Crippen LogP contribution in [0.25, 0.3) is 0 Å². The second-order valence-corrected chi connectivity index (χ2v) is 9.70. The maximum Gasteiger partial charge on any atom is 0.308 e. The number of likely N-dealkylation sites (tertiary alicyclic amines) is 1. The van der Waals surface area contributed by atoms with Crippen molar-refractivity contribution in [1.29, 1.82) is 0 Å². The summed E-state index contributed by atoms with van der Waals surface area (Å²) in [6.45, 7) is 1.32. The molecule has 2 fully saturated rings. The molecule has 10 heteroatoms. The Morgan fingerprint density at radius 2 is 1.82 bits per heavy atom. The lowest BCUT2D eigenvalue weighted by molar-refractivity contribution is -0.155. The first kappa shape index (κ1) is 20.5. The van der Waals surface area contributed by atoms with Gasteiger partial charge in [0.2, 0.25) is 11.8 Å². The number of nitrogens with zero attached hydrogens (tertiary/aromatic N) is 1. The number of amides is 3. The fourth-order valence-corrected chi connectivity index (χ4v) is 5.50. The minimum Gasteiger partial charge on any atom is -0.452 e. The number of rotatable bonds is 6. The monoisotopic (exact) mass is 412 g/mol. The molecule has 0 unspecified atom stereocenters. The Morgan fingerprint density at radius 3 is 2.36 bits per heavy atom. The third kappa shape index (κ3) is 4.43. The maximum atomic E-state index is 12.3. The fraction of sp³-hybridized carbons (Fsp3) is 0.667. The van der Waals surface area contributed by atoms with Gasteiger partial charge < -0.3 is 10.1 Å². The van der Waals surface area contributed by atoms with Crippen molar-refractivity contribution in [2.45, 2.75) is 44.8 Å². The molecule has 2 saturated heterocycles. The van der Waals surface area contributed by atoms with Gasteiger partial charge in [-0.15, -0.1) is 0 Å². The molecule has 4 atom stereocenters. The molecular weight excluding hydrogens is 388 g/mol. The van der Waals surface area contributed by atoms with Crippen LogP contribution in [0.5, 0.6) is 0 Å². The van der Waals surface area contributed by atoms with Crippen molar-refractivity contribution in [3.8, 4) is 0 Å². The van der Waals surface area contributed by atoms with E-state index >= 15 is 0 Å². The quantitative estimate of drug-likeness (QED) is 0.356. The zero-order valence-electron chi connectivity index (χ0n) is 15.6. The van der Waals surface area contributed by atoms with Gasteiger partial charge in [-0.05, 0) is 26.2 Å². The topological polar surface area (TPSA) is 127 Å². The highest BCUT2D eigenvalue weighted by Crippen LogP contribution is 2.35. The summed E-state index contributed by atoms with van der Waals surface area (Å²) >= 11 is 0. The molecule has 0 aromatic carbocycles. The summed E-state index contributed by atoms with van der Waals surface area (Å²) in [5.74, 6) is -2.57. The Labute approximate surface area is 163 Å². The van der Waals surface area contributed by atoms with Crippen LogP contribution >= 0.6 is 0 Å². The molecule has 0 aromatic heterocycles. The van der Waals surface area contributed by atoms with E-state index in [2.05, 4.69) is 5.32 Å². The second-order valence-electron chi connectivity index (χ2n) is 7.47. The Kier molecular flexibility index (Phi) is 5.87.